The molecule has 84 heavy (non-hydrogen) atoms. The van der Waals surface area contributed by atoms with Crippen LogP contribution in [0, 0.1) is 57.0 Å². The molecular formula is C61H90N2O21. The number of nitro groups is 1. The van der Waals surface area contributed by atoms with Gasteiger partial charge in [0.1, 0.15) is 35.7 Å². The number of carbonyl (C=O) groups is 3. The Kier molecular flexibility index (Phi) is 19.2. The monoisotopic (exact) mass is 1190 g/mol. The molecule has 6 N–H and O–H groups in total. The second-order valence-corrected chi connectivity index (χ2v) is 25.9. The maximum absolute atomic E-state index is 15.6. The molecule has 9 aliphatic rings. The van der Waals surface area contributed by atoms with Crippen molar-refractivity contribution in [2.24, 2.45) is 46.8 Å². The van der Waals surface area contributed by atoms with Crippen LogP contribution in [0.25, 0.3) is 0 Å². The molecule has 27 atom stereocenters. The lowest BCUT2D eigenvalue weighted by Gasteiger charge is -2.56. The van der Waals surface area contributed by atoms with Crippen LogP contribution in [-0.4, -0.2) is 185 Å². The first-order valence-electron chi connectivity index (χ1n) is 30.0. The summed E-state index contributed by atoms with van der Waals surface area (Å²) in [6.07, 6.45) is -3.57. The van der Waals surface area contributed by atoms with Crippen LogP contribution in [0.1, 0.15) is 121 Å². The van der Waals surface area contributed by atoms with Crippen molar-refractivity contribution in [2.45, 2.75) is 237 Å². The van der Waals surface area contributed by atoms with E-state index in [0.29, 0.717) is 17.6 Å². The Morgan fingerprint density at radius 2 is 1.38 bits per heavy atom. The molecule has 5 aliphatic heterocycles. The summed E-state index contributed by atoms with van der Waals surface area (Å²) in [5.74, 6) is -5.10. The van der Waals surface area contributed by atoms with Crippen LogP contribution in [0.3, 0.4) is 0 Å². The van der Waals surface area contributed by atoms with E-state index in [4.69, 9.17) is 52.1 Å². The standard InChI is InChI=1S/C61H90N2O21/c1-27-14-17-42(80-47-25-59(10,63(72)73)54(35(9)79-47)62-58(71)75-13)28(2)19-37-20-36(26-64)31(5)24-61(37)56(69)48(57(70)84-61)55(68)60(11)39(27)16-15-38-49(60)29(3)18-30(4)51(38)82-46-23-43(50(67)32(6)76-46)81-44-22-41(66)53(34(8)78-44)83-45-21-40(65)52(74-12)33(7)77-45/h14-16,19-20,29-35,37-47,49-54,64-68H,17-18,21-26H2,1-13H3,(H,62,71)/t29-,30-,31+,32+,33+,34+,35+,37-,38-,39-,40-,41-,42?,43-,44-,45-,46-,47+,49+,50+,51-,52+,53+,54-,59-,60+,61?/m1/s1. The molecule has 23 heteroatoms. The number of esters is 1. The molecule has 1 amide bonds. The number of ether oxygens (including phenoxy) is 11. The lowest BCUT2D eigenvalue weighted by atomic mass is 9.49. The van der Waals surface area contributed by atoms with Crippen molar-refractivity contribution in [3.8, 4) is 0 Å². The van der Waals surface area contributed by atoms with Crippen LogP contribution >= 0.6 is 0 Å². The first kappa shape index (κ1) is 64.3. The molecule has 0 radical (unpaired) electrons. The van der Waals surface area contributed by atoms with Crippen molar-refractivity contribution >= 4 is 17.8 Å². The van der Waals surface area contributed by atoms with Crippen molar-refractivity contribution in [1.29, 1.82) is 0 Å². The Balaban J connectivity index is 1.01. The van der Waals surface area contributed by atoms with Gasteiger partial charge in [0.15, 0.2) is 30.8 Å². The van der Waals surface area contributed by atoms with Crippen LogP contribution < -0.4 is 5.32 Å². The second-order valence-electron chi connectivity index (χ2n) is 25.9. The van der Waals surface area contributed by atoms with Crippen LogP contribution in [0.4, 0.5) is 4.79 Å². The highest BCUT2D eigenvalue weighted by Crippen LogP contribution is 2.61. The summed E-state index contributed by atoms with van der Waals surface area (Å²) in [7, 11) is 2.67. The molecule has 0 aromatic rings. The minimum atomic E-state index is -1.82. The molecule has 4 aliphatic carbocycles. The second kappa shape index (κ2) is 25.1. The first-order chi connectivity index (χ1) is 39.6. The van der Waals surface area contributed by atoms with Gasteiger partial charge in [-0.1, -0.05) is 63.6 Å². The number of hydrogen-bond donors (Lipinski definition) is 6. The summed E-state index contributed by atoms with van der Waals surface area (Å²) in [6.45, 7) is 19.6. The number of ketones is 1. The van der Waals surface area contributed by atoms with Gasteiger partial charge in [0.05, 0.1) is 75.1 Å². The number of alkyl carbamates (subject to hydrolysis) is 1. The van der Waals surface area contributed by atoms with E-state index in [1.165, 1.54) is 21.1 Å². The average Bonchev–Trinajstić information content (AvgIpc) is 2.80. The number of nitrogens with one attached hydrogen (secondary N) is 1. The lowest BCUT2D eigenvalue weighted by molar-refractivity contribution is -0.584. The van der Waals surface area contributed by atoms with Gasteiger partial charge in [-0.2, -0.15) is 0 Å². The van der Waals surface area contributed by atoms with Crippen LogP contribution in [-0.2, 0) is 61.7 Å². The third kappa shape index (κ3) is 11.8. The number of methoxy groups -OCH3 is 2. The Morgan fingerprint density at radius 3 is 2.01 bits per heavy atom. The highest BCUT2D eigenvalue weighted by Gasteiger charge is 2.64. The third-order valence-electron chi connectivity index (χ3n) is 20.3. The Labute approximate surface area is 491 Å². The largest absolute Gasteiger partial charge is 0.511 e. The minimum absolute atomic E-state index is 0.00457. The number of fused-ring (bicyclic) bond motifs is 4. The molecule has 9 rings (SSSR count). The summed E-state index contributed by atoms with van der Waals surface area (Å²) in [4.78, 5) is 55.1. The molecule has 5 saturated heterocycles. The van der Waals surface area contributed by atoms with Gasteiger partial charge in [-0.15, -0.1) is 0 Å². The van der Waals surface area contributed by atoms with Gasteiger partial charge in [-0.3, -0.25) is 14.9 Å². The predicted molar refractivity (Wildman–Crippen MR) is 298 cm³/mol. The number of amides is 1. The molecule has 6 fully saturated rings. The molecule has 5 heterocycles. The van der Waals surface area contributed by atoms with Crippen molar-refractivity contribution in [3.05, 3.63) is 68.5 Å². The Hall–Kier alpha value is -4.21. The maximum atomic E-state index is 15.6. The van der Waals surface area contributed by atoms with Crippen molar-refractivity contribution < 1.29 is 96.9 Å². The number of rotatable bonds is 12. The van der Waals surface area contributed by atoms with Crippen molar-refractivity contribution in [2.75, 3.05) is 20.8 Å². The van der Waals surface area contributed by atoms with Gasteiger partial charge in [0.2, 0.25) is 11.3 Å². The zero-order valence-corrected chi connectivity index (χ0v) is 50.6. The van der Waals surface area contributed by atoms with E-state index in [1.807, 2.05) is 32.9 Å². The summed E-state index contributed by atoms with van der Waals surface area (Å²) < 4.78 is 68.0. The quantitative estimate of drug-likeness (QED) is 0.0457. The topological polar surface area (TPSA) is 309 Å². The smallest absolute Gasteiger partial charge is 0.407 e. The number of hydrogen-bond acceptors (Lipinski definition) is 21. The number of aliphatic hydroxyl groups excluding tert-OH is 5. The normalized spacial score (nSPS) is 47.2. The lowest BCUT2D eigenvalue weighted by Crippen LogP contribution is -2.65. The van der Waals surface area contributed by atoms with Gasteiger partial charge in [-0.05, 0) is 89.2 Å². The number of nitrogens with zero attached hydrogens (tertiary/aromatic N) is 1. The molecule has 2 unspecified atom stereocenters. The van der Waals surface area contributed by atoms with E-state index in [1.54, 1.807) is 46.8 Å². The predicted octanol–water partition coefficient (Wildman–Crippen LogP) is 5.57. The molecular weight excluding hydrogens is 1100 g/mol. The first-order valence-corrected chi connectivity index (χ1v) is 30.0. The van der Waals surface area contributed by atoms with Gasteiger partial charge >= 0.3 is 12.1 Å². The summed E-state index contributed by atoms with van der Waals surface area (Å²) in [5.41, 5.74) is -3.37. The molecule has 23 nitrogen and oxygen atoms in total. The third-order valence-corrected chi connectivity index (χ3v) is 20.3. The highest BCUT2D eigenvalue weighted by molar-refractivity contribution is 6.26. The summed E-state index contributed by atoms with van der Waals surface area (Å²) >= 11 is 0. The van der Waals surface area contributed by atoms with E-state index in [0.717, 1.165) is 5.57 Å². The molecule has 0 aromatic heterocycles. The summed E-state index contributed by atoms with van der Waals surface area (Å²) in [6, 6.07) is -1.08. The zero-order valence-electron chi connectivity index (χ0n) is 50.6. The Bertz CT molecular complexity index is 2600. The summed E-state index contributed by atoms with van der Waals surface area (Å²) in [5, 5.41) is 72.9. The van der Waals surface area contributed by atoms with E-state index >= 15 is 4.79 Å². The van der Waals surface area contributed by atoms with Gasteiger partial charge in [0, 0.05) is 67.8 Å². The van der Waals surface area contributed by atoms with Gasteiger partial charge < -0.3 is 83.0 Å². The molecule has 1 saturated carbocycles. The zero-order chi connectivity index (χ0) is 61.2. The average molecular weight is 1190 g/mol. The van der Waals surface area contributed by atoms with E-state index in [-0.39, 0.29) is 57.0 Å². The maximum Gasteiger partial charge on any atom is 0.407 e. The number of aliphatic hydroxyl groups is 5. The van der Waals surface area contributed by atoms with Crippen LogP contribution in [0.5, 0.6) is 0 Å². The van der Waals surface area contributed by atoms with E-state index in [9.17, 15) is 45.2 Å². The van der Waals surface area contributed by atoms with E-state index < -0.39 is 185 Å². The fraction of sp³-hybridized carbons (Fsp3) is 0.787. The number of Topliss-reactive ketones (excluding diaryl/α,β-unsaturated/α-hetero) is 1. The van der Waals surface area contributed by atoms with Gasteiger partial charge in [0.25, 0.3) is 0 Å². The van der Waals surface area contributed by atoms with Crippen LogP contribution in [0.2, 0.25) is 0 Å². The van der Waals surface area contributed by atoms with Crippen LogP contribution in [0.15, 0.2) is 58.4 Å². The fourth-order valence-corrected chi connectivity index (χ4v) is 15.8. The number of allylic oxidation sites excluding steroid dienone is 3. The fourth-order valence-electron chi connectivity index (χ4n) is 15.8. The van der Waals surface area contributed by atoms with Gasteiger partial charge in [-0.25, -0.2) is 9.59 Å². The molecule has 470 valence electrons. The highest BCUT2D eigenvalue weighted by atomic mass is 16.7. The Morgan fingerprint density at radius 1 is 0.762 bits per heavy atom. The molecule has 0 aromatic carbocycles. The molecule has 2 bridgehead atoms. The molecule has 1 spiro atoms. The van der Waals surface area contributed by atoms with Crippen molar-refractivity contribution in [1.82, 2.24) is 5.32 Å². The van der Waals surface area contributed by atoms with E-state index in [2.05, 4.69) is 25.2 Å². The van der Waals surface area contributed by atoms with Crippen molar-refractivity contribution in [3.63, 3.8) is 0 Å². The SMILES string of the molecule is COC(=O)N[C@@H]1[C@H](C)O[C@@H](OC2CC=C(C)[C@H]3C=C[C@H]4[C@H](O[C@@H]5C[C@@H](O[C@@H]6C[C@@H](O)[C@@H](O[C@@H]7C[C@@H](O)[C@@H](OC)[C@H](C)O7)[C@H](C)O6)[C@@H](O)[C@H](C)O5)[C@H](C)C[C@@H](C)[C@@H]4[C@@]3(C)C(O)=C3C(=O)OC4(C[C@H](C)C(CO)=C[C@H]4C=C2C)C3=O)C[C@@]1(C)[N+](=O)[O-]. The minimum Gasteiger partial charge on any atom is -0.511 e. The number of carbonyl (C=O) groups excluding carboxylic acids is 3.